The molecule has 1 aliphatic rings. The van der Waals surface area contributed by atoms with Crippen molar-refractivity contribution in [1.82, 2.24) is 9.91 Å². The first kappa shape index (κ1) is 12.6. The van der Waals surface area contributed by atoms with Crippen molar-refractivity contribution in [3.63, 3.8) is 0 Å². The predicted octanol–water partition coefficient (Wildman–Crippen LogP) is 1.34. The summed E-state index contributed by atoms with van der Waals surface area (Å²) in [5.74, 6) is 6.62. The lowest BCUT2D eigenvalue weighted by Gasteiger charge is -2.32. The third-order valence-electron chi connectivity index (χ3n) is 3.04. The van der Waals surface area contributed by atoms with Gasteiger partial charge in [0.2, 0.25) is 0 Å². The van der Waals surface area contributed by atoms with Crippen LogP contribution in [0.2, 0.25) is 5.02 Å². The van der Waals surface area contributed by atoms with Gasteiger partial charge in [0.05, 0.1) is 7.11 Å². The number of hydrogen-bond acceptors (Lipinski definition) is 4. The van der Waals surface area contributed by atoms with Gasteiger partial charge in [0.25, 0.3) is 0 Å². The highest BCUT2D eigenvalue weighted by molar-refractivity contribution is 6.30. The molecule has 1 heterocycles. The number of benzene rings is 1. The lowest BCUT2D eigenvalue weighted by Crippen LogP contribution is -2.48. The van der Waals surface area contributed by atoms with Crippen molar-refractivity contribution in [3.8, 4) is 5.75 Å². The van der Waals surface area contributed by atoms with Gasteiger partial charge in [-0.3, -0.25) is 10.7 Å². The number of rotatable bonds is 3. The van der Waals surface area contributed by atoms with Crippen LogP contribution in [0.3, 0.4) is 0 Å². The Morgan fingerprint density at radius 1 is 1.29 bits per heavy atom. The minimum atomic E-state index is 0.748. The topological polar surface area (TPSA) is 41.7 Å². The monoisotopic (exact) mass is 255 g/mol. The first-order valence-electron chi connectivity index (χ1n) is 5.73. The molecule has 4 nitrogen and oxygen atoms in total. The van der Waals surface area contributed by atoms with Crippen LogP contribution in [0.1, 0.15) is 5.56 Å². The molecule has 0 unspecified atom stereocenters. The van der Waals surface area contributed by atoms with Crippen molar-refractivity contribution in [3.05, 3.63) is 28.8 Å². The summed E-state index contributed by atoms with van der Waals surface area (Å²) < 4.78 is 5.34. The molecular formula is C12H18ClN3O. The highest BCUT2D eigenvalue weighted by Gasteiger charge is 2.16. The zero-order valence-electron chi connectivity index (χ0n) is 10.0. The van der Waals surface area contributed by atoms with E-state index in [4.69, 9.17) is 22.2 Å². The van der Waals surface area contributed by atoms with E-state index >= 15 is 0 Å². The summed E-state index contributed by atoms with van der Waals surface area (Å²) in [6.45, 7) is 4.63. The molecule has 1 aromatic carbocycles. The fourth-order valence-electron chi connectivity index (χ4n) is 2.03. The van der Waals surface area contributed by atoms with Crippen LogP contribution < -0.4 is 10.6 Å². The zero-order chi connectivity index (χ0) is 12.3. The van der Waals surface area contributed by atoms with Crippen molar-refractivity contribution in [1.29, 1.82) is 0 Å². The van der Waals surface area contributed by atoms with Gasteiger partial charge in [-0.1, -0.05) is 11.6 Å². The van der Waals surface area contributed by atoms with Crippen LogP contribution in [0.5, 0.6) is 5.75 Å². The molecule has 0 atom stereocenters. The molecule has 2 rings (SSSR count). The zero-order valence-corrected chi connectivity index (χ0v) is 10.8. The molecule has 0 aliphatic carbocycles. The average molecular weight is 256 g/mol. The number of nitrogens with two attached hydrogens (primary N) is 1. The van der Waals surface area contributed by atoms with Crippen LogP contribution in [0.15, 0.2) is 18.2 Å². The SMILES string of the molecule is COc1ccc(Cl)cc1CN1CCN(N)CC1. The molecule has 17 heavy (non-hydrogen) atoms. The van der Waals surface area contributed by atoms with Crippen molar-refractivity contribution in [2.45, 2.75) is 6.54 Å². The van der Waals surface area contributed by atoms with E-state index in [1.807, 2.05) is 23.2 Å². The molecule has 0 radical (unpaired) electrons. The van der Waals surface area contributed by atoms with E-state index in [1.165, 1.54) is 0 Å². The van der Waals surface area contributed by atoms with Crippen molar-refractivity contribution < 1.29 is 4.74 Å². The van der Waals surface area contributed by atoms with E-state index in [0.717, 1.165) is 49.1 Å². The summed E-state index contributed by atoms with van der Waals surface area (Å²) in [4.78, 5) is 2.36. The smallest absolute Gasteiger partial charge is 0.123 e. The molecule has 0 aromatic heterocycles. The van der Waals surface area contributed by atoms with E-state index < -0.39 is 0 Å². The van der Waals surface area contributed by atoms with Gasteiger partial charge in [-0.25, -0.2) is 5.01 Å². The summed E-state index contributed by atoms with van der Waals surface area (Å²) in [5, 5.41) is 2.60. The number of ether oxygens (including phenoxy) is 1. The molecule has 0 amide bonds. The first-order valence-corrected chi connectivity index (χ1v) is 6.11. The lowest BCUT2D eigenvalue weighted by molar-refractivity contribution is 0.127. The minimum Gasteiger partial charge on any atom is -0.496 e. The number of hydrogen-bond donors (Lipinski definition) is 1. The van der Waals surface area contributed by atoms with Crippen LogP contribution in [0.25, 0.3) is 0 Å². The normalized spacial score (nSPS) is 18.3. The van der Waals surface area contributed by atoms with Gasteiger partial charge in [-0.15, -0.1) is 0 Å². The molecule has 0 saturated carbocycles. The predicted molar refractivity (Wildman–Crippen MR) is 69.0 cm³/mol. The van der Waals surface area contributed by atoms with Crippen LogP contribution >= 0.6 is 11.6 Å². The Bertz CT molecular complexity index is 378. The van der Waals surface area contributed by atoms with Gasteiger partial charge >= 0.3 is 0 Å². The Morgan fingerprint density at radius 2 is 2.00 bits per heavy atom. The number of hydrazine groups is 1. The maximum absolute atomic E-state index is 6.01. The summed E-state index contributed by atoms with van der Waals surface area (Å²) in [6, 6.07) is 5.73. The molecule has 1 fully saturated rings. The molecule has 1 aliphatic heterocycles. The van der Waals surface area contributed by atoms with Crippen LogP contribution in [-0.4, -0.2) is 43.2 Å². The van der Waals surface area contributed by atoms with Crippen LogP contribution in [0, 0.1) is 0 Å². The summed E-state index contributed by atoms with van der Waals surface area (Å²) >= 11 is 6.01. The number of piperazine rings is 1. The second kappa shape index (κ2) is 5.69. The van der Waals surface area contributed by atoms with Crippen LogP contribution in [0.4, 0.5) is 0 Å². The molecule has 1 saturated heterocycles. The summed E-state index contributed by atoms with van der Waals surface area (Å²) in [6.07, 6.45) is 0. The third-order valence-corrected chi connectivity index (χ3v) is 3.28. The van der Waals surface area contributed by atoms with E-state index in [-0.39, 0.29) is 0 Å². The third kappa shape index (κ3) is 3.33. The van der Waals surface area contributed by atoms with Crippen molar-refractivity contribution >= 4 is 11.6 Å². The Hall–Kier alpha value is -0.810. The van der Waals surface area contributed by atoms with Crippen molar-refractivity contribution in [2.75, 3.05) is 33.3 Å². The fourth-order valence-corrected chi connectivity index (χ4v) is 2.23. The quantitative estimate of drug-likeness (QED) is 0.828. The highest BCUT2D eigenvalue weighted by Crippen LogP contribution is 2.24. The highest BCUT2D eigenvalue weighted by atomic mass is 35.5. The van der Waals surface area contributed by atoms with Gasteiger partial charge in [-0.2, -0.15) is 0 Å². The average Bonchev–Trinajstić information content (AvgIpc) is 2.32. The van der Waals surface area contributed by atoms with E-state index in [2.05, 4.69) is 4.90 Å². The Labute approximate surface area is 107 Å². The maximum Gasteiger partial charge on any atom is 0.123 e. The number of halogens is 1. The molecule has 1 aromatic rings. The summed E-state index contributed by atoms with van der Waals surface area (Å²) in [5.41, 5.74) is 1.13. The van der Waals surface area contributed by atoms with E-state index in [1.54, 1.807) is 7.11 Å². The molecular weight excluding hydrogens is 238 g/mol. The second-order valence-electron chi connectivity index (χ2n) is 4.27. The molecule has 94 valence electrons. The molecule has 5 heteroatoms. The van der Waals surface area contributed by atoms with Gasteiger partial charge in [-0.05, 0) is 18.2 Å². The van der Waals surface area contributed by atoms with Gasteiger partial charge < -0.3 is 4.74 Å². The first-order chi connectivity index (χ1) is 8.19. The lowest BCUT2D eigenvalue weighted by atomic mass is 10.1. The molecule has 0 spiro atoms. The van der Waals surface area contributed by atoms with E-state index in [0.29, 0.717) is 0 Å². The van der Waals surface area contributed by atoms with E-state index in [9.17, 15) is 0 Å². The minimum absolute atomic E-state index is 0.748. The summed E-state index contributed by atoms with van der Waals surface area (Å²) in [7, 11) is 1.69. The number of nitrogens with zero attached hydrogens (tertiary/aromatic N) is 2. The largest absolute Gasteiger partial charge is 0.496 e. The fraction of sp³-hybridized carbons (Fsp3) is 0.500. The standard InChI is InChI=1S/C12H18ClN3O/c1-17-12-3-2-11(13)8-10(12)9-15-4-6-16(14)7-5-15/h2-3,8H,4-7,9,14H2,1H3. The molecule has 2 N–H and O–H groups in total. The van der Waals surface area contributed by atoms with Gasteiger partial charge in [0.1, 0.15) is 5.75 Å². The van der Waals surface area contributed by atoms with Gasteiger partial charge in [0.15, 0.2) is 0 Å². The maximum atomic E-state index is 6.01. The van der Waals surface area contributed by atoms with Crippen LogP contribution in [-0.2, 0) is 6.54 Å². The Balaban J connectivity index is 2.04. The Morgan fingerprint density at radius 3 is 2.65 bits per heavy atom. The van der Waals surface area contributed by atoms with Crippen molar-refractivity contribution in [2.24, 2.45) is 5.84 Å². The second-order valence-corrected chi connectivity index (χ2v) is 4.70. The molecule has 0 bridgehead atoms. The Kier molecular flexibility index (Phi) is 4.23. The number of methoxy groups -OCH3 is 1. The van der Waals surface area contributed by atoms with Gasteiger partial charge in [0, 0.05) is 43.3 Å².